The monoisotopic (exact) mass is 697 g/mol. The molecule has 0 unspecified atom stereocenters. The van der Waals surface area contributed by atoms with Crippen molar-refractivity contribution in [2.75, 3.05) is 0 Å². The van der Waals surface area contributed by atoms with Gasteiger partial charge in [0.15, 0.2) is 0 Å². The molecule has 1 heterocycles. The van der Waals surface area contributed by atoms with Gasteiger partial charge in [-0.2, -0.15) is 0 Å². The number of pyridine rings is 1. The van der Waals surface area contributed by atoms with E-state index >= 15 is 0 Å². The number of aromatic nitrogens is 1. The molecule has 0 radical (unpaired) electrons. The van der Waals surface area contributed by atoms with Crippen molar-refractivity contribution >= 4 is 0 Å². The van der Waals surface area contributed by atoms with Crippen LogP contribution in [0.1, 0.15) is 22.3 Å². The molecule has 0 fully saturated rings. The Morgan fingerprint density at radius 3 is 1.16 bits per heavy atom. The minimum atomic E-state index is -0.404. The Balaban J connectivity index is 1.12. The van der Waals surface area contributed by atoms with Gasteiger partial charge in [0, 0.05) is 11.1 Å². The Bertz CT molecular complexity index is 2790. The van der Waals surface area contributed by atoms with Crippen molar-refractivity contribution in [3.05, 3.63) is 235 Å². The maximum Gasteiger partial charge on any atom is 0.0725 e. The quantitative estimate of drug-likeness (QED) is 0.174. The van der Waals surface area contributed by atoms with Crippen LogP contribution in [0.2, 0.25) is 0 Å². The number of nitrogens with zero attached hydrogens (tertiary/aromatic N) is 1. The molecule has 1 aromatic heterocycles. The number of hydrogen-bond donors (Lipinski definition) is 0. The smallest absolute Gasteiger partial charge is 0.0725 e. The van der Waals surface area contributed by atoms with Gasteiger partial charge in [-0.3, -0.25) is 0 Å². The number of rotatable bonds is 5. The van der Waals surface area contributed by atoms with Crippen LogP contribution in [0.5, 0.6) is 0 Å². The standard InChI is InChI=1S/C54H35N/c1-4-16-36(17-5-1)41-32-52(39-20-8-3-9-21-39)55-53(33-41)40-30-28-38(29-31-40)46-35-51-47(34-45(46)37-18-6-2-7-19-37)44-24-12-15-27-50(44)54(51)48-25-13-10-22-42(48)43-23-11-14-26-49(43)54/h1-35H. The second-order valence-electron chi connectivity index (χ2n) is 14.6. The van der Waals surface area contributed by atoms with Gasteiger partial charge in [0.2, 0.25) is 0 Å². The number of benzene rings is 8. The lowest BCUT2D eigenvalue weighted by atomic mass is 9.70. The fraction of sp³-hybridized carbons (Fsp3) is 0.0185. The van der Waals surface area contributed by atoms with Gasteiger partial charge in [-0.05, 0) is 102 Å². The highest BCUT2D eigenvalue weighted by atomic mass is 14.7. The van der Waals surface area contributed by atoms with Crippen molar-refractivity contribution in [3.63, 3.8) is 0 Å². The normalized spacial score (nSPS) is 12.9. The summed E-state index contributed by atoms with van der Waals surface area (Å²) < 4.78 is 0. The second-order valence-corrected chi connectivity index (χ2v) is 14.6. The Morgan fingerprint density at radius 2 is 0.618 bits per heavy atom. The van der Waals surface area contributed by atoms with Crippen LogP contribution in [0.25, 0.3) is 78.1 Å². The predicted octanol–water partition coefficient (Wildman–Crippen LogP) is 13.8. The van der Waals surface area contributed by atoms with Gasteiger partial charge in [0.1, 0.15) is 0 Å². The summed E-state index contributed by atoms with van der Waals surface area (Å²) in [5.74, 6) is 0. The molecular weight excluding hydrogens is 663 g/mol. The molecule has 0 saturated carbocycles. The van der Waals surface area contributed by atoms with Crippen LogP contribution < -0.4 is 0 Å². The zero-order chi connectivity index (χ0) is 36.3. The zero-order valence-corrected chi connectivity index (χ0v) is 30.2. The molecule has 11 rings (SSSR count). The Morgan fingerprint density at radius 1 is 0.236 bits per heavy atom. The van der Waals surface area contributed by atoms with Gasteiger partial charge in [-0.15, -0.1) is 0 Å². The molecule has 256 valence electrons. The van der Waals surface area contributed by atoms with Crippen molar-refractivity contribution in [1.29, 1.82) is 0 Å². The predicted molar refractivity (Wildman–Crippen MR) is 228 cm³/mol. The lowest BCUT2D eigenvalue weighted by Crippen LogP contribution is -2.25. The molecular formula is C54H35N. The van der Waals surface area contributed by atoms with E-state index < -0.39 is 5.41 Å². The van der Waals surface area contributed by atoms with E-state index in [0.29, 0.717) is 0 Å². The molecule has 0 atom stereocenters. The Hall–Kier alpha value is -7.09. The lowest BCUT2D eigenvalue weighted by molar-refractivity contribution is 0.794. The summed E-state index contributed by atoms with van der Waals surface area (Å²) >= 11 is 0. The molecule has 1 nitrogen and oxygen atoms in total. The first-order chi connectivity index (χ1) is 27.3. The largest absolute Gasteiger partial charge is 0.248 e. The van der Waals surface area contributed by atoms with E-state index in [2.05, 4.69) is 212 Å². The minimum absolute atomic E-state index is 0.404. The van der Waals surface area contributed by atoms with E-state index in [-0.39, 0.29) is 0 Å². The van der Waals surface area contributed by atoms with Crippen LogP contribution in [0.15, 0.2) is 212 Å². The average Bonchev–Trinajstić information content (AvgIpc) is 3.74. The van der Waals surface area contributed by atoms with Crippen LogP contribution >= 0.6 is 0 Å². The fourth-order valence-electron chi connectivity index (χ4n) is 9.29. The van der Waals surface area contributed by atoms with E-state index in [1.807, 2.05) is 0 Å². The van der Waals surface area contributed by atoms with Crippen molar-refractivity contribution in [3.8, 4) is 78.1 Å². The molecule has 0 N–H and O–H groups in total. The van der Waals surface area contributed by atoms with E-state index in [1.54, 1.807) is 0 Å². The Labute approximate surface area is 321 Å². The summed E-state index contributed by atoms with van der Waals surface area (Å²) in [5, 5.41) is 0. The molecule has 0 saturated heterocycles. The maximum absolute atomic E-state index is 5.23. The van der Waals surface area contributed by atoms with Gasteiger partial charge >= 0.3 is 0 Å². The van der Waals surface area contributed by atoms with Crippen LogP contribution in [-0.2, 0) is 5.41 Å². The molecule has 55 heavy (non-hydrogen) atoms. The average molecular weight is 698 g/mol. The van der Waals surface area contributed by atoms with Crippen LogP contribution in [0, 0.1) is 0 Å². The molecule has 0 amide bonds. The summed E-state index contributed by atoms with van der Waals surface area (Å²) in [4.78, 5) is 5.23. The highest BCUT2D eigenvalue weighted by molar-refractivity contribution is 5.99. The van der Waals surface area contributed by atoms with E-state index in [4.69, 9.17) is 4.98 Å². The van der Waals surface area contributed by atoms with Crippen LogP contribution in [-0.4, -0.2) is 4.98 Å². The Kier molecular flexibility index (Phi) is 7.15. The highest BCUT2D eigenvalue weighted by Crippen LogP contribution is 2.63. The van der Waals surface area contributed by atoms with Gasteiger partial charge in [0.25, 0.3) is 0 Å². The third-order valence-corrected chi connectivity index (χ3v) is 11.7. The molecule has 2 aliphatic carbocycles. The van der Waals surface area contributed by atoms with Gasteiger partial charge < -0.3 is 0 Å². The number of hydrogen-bond acceptors (Lipinski definition) is 1. The molecule has 8 aromatic carbocycles. The molecule has 1 spiro atoms. The number of fused-ring (bicyclic) bond motifs is 10. The zero-order valence-electron chi connectivity index (χ0n) is 30.2. The third-order valence-electron chi connectivity index (χ3n) is 11.7. The van der Waals surface area contributed by atoms with Gasteiger partial charge in [-0.25, -0.2) is 4.98 Å². The van der Waals surface area contributed by atoms with Crippen molar-refractivity contribution in [2.45, 2.75) is 5.41 Å². The summed E-state index contributed by atoms with van der Waals surface area (Å²) in [6, 6.07) is 77.5. The second kappa shape index (κ2) is 12.5. The van der Waals surface area contributed by atoms with Gasteiger partial charge in [-0.1, -0.05) is 188 Å². The first-order valence-corrected chi connectivity index (χ1v) is 19.0. The highest BCUT2D eigenvalue weighted by Gasteiger charge is 2.51. The first kappa shape index (κ1) is 31.4. The minimum Gasteiger partial charge on any atom is -0.248 e. The van der Waals surface area contributed by atoms with Crippen LogP contribution in [0.4, 0.5) is 0 Å². The molecule has 0 aliphatic heterocycles. The van der Waals surface area contributed by atoms with Crippen molar-refractivity contribution in [2.24, 2.45) is 0 Å². The van der Waals surface area contributed by atoms with Crippen molar-refractivity contribution in [1.82, 2.24) is 4.98 Å². The summed E-state index contributed by atoms with van der Waals surface area (Å²) in [5.41, 5.74) is 21.5. The molecule has 0 bridgehead atoms. The fourth-order valence-corrected chi connectivity index (χ4v) is 9.29. The molecule has 9 aromatic rings. The lowest BCUT2D eigenvalue weighted by Gasteiger charge is -2.31. The molecule has 1 heteroatoms. The van der Waals surface area contributed by atoms with E-state index in [9.17, 15) is 0 Å². The SMILES string of the molecule is c1ccc(-c2cc(-c3ccccc3)nc(-c3ccc(-c4cc5c(cc4-c4ccccc4)-c4ccccc4C54c5ccccc5-c5ccccc54)cc3)c2)cc1. The van der Waals surface area contributed by atoms with Crippen LogP contribution in [0.3, 0.4) is 0 Å². The van der Waals surface area contributed by atoms with Crippen molar-refractivity contribution < 1.29 is 0 Å². The topological polar surface area (TPSA) is 12.9 Å². The molecule has 2 aliphatic rings. The summed E-state index contributed by atoms with van der Waals surface area (Å²) in [6.07, 6.45) is 0. The van der Waals surface area contributed by atoms with E-state index in [1.165, 1.54) is 72.3 Å². The summed E-state index contributed by atoms with van der Waals surface area (Å²) in [7, 11) is 0. The van der Waals surface area contributed by atoms with Gasteiger partial charge in [0.05, 0.1) is 16.8 Å². The third kappa shape index (κ3) is 4.83. The first-order valence-electron chi connectivity index (χ1n) is 19.0. The van der Waals surface area contributed by atoms with E-state index in [0.717, 1.165) is 28.1 Å². The summed E-state index contributed by atoms with van der Waals surface area (Å²) in [6.45, 7) is 0. The maximum atomic E-state index is 5.23.